The second-order valence-corrected chi connectivity index (χ2v) is 6.30. The molecule has 1 saturated heterocycles. The summed E-state index contributed by atoms with van der Waals surface area (Å²) in [6.07, 6.45) is 6.11. The minimum absolute atomic E-state index is 0.182. The van der Waals surface area contributed by atoms with Gasteiger partial charge in [0.1, 0.15) is 0 Å². The van der Waals surface area contributed by atoms with E-state index in [0.717, 1.165) is 43.0 Å². The van der Waals surface area contributed by atoms with Gasteiger partial charge >= 0.3 is 0 Å². The average Bonchev–Trinajstić information content (AvgIpc) is 3.10. The predicted octanol–water partition coefficient (Wildman–Crippen LogP) is 2.76. The van der Waals surface area contributed by atoms with Gasteiger partial charge in [0, 0.05) is 25.5 Å². The summed E-state index contributed by atoms with van der Waals surface area (Å²) >= 11 is 0. The molecule has 0 N–H and O–H groups in total. The number of piperidine rings is 1. The minimum atomic E-state index is 0.182. The van der Waals surface area contributed by atoms with Crippen LogP contribution in [0.5, 0.6) is 11.5 Å². The highest BCUT2D eigenvalue weighted by molar-refractivity contribution is 5.79. The molecule has 0 aliphatic carbocycles. The summed E-state index contributed by atoms with van der Waals surface area (Å²) in [4.78, 5) is 18.6. The van der Waals surface area contributed by atoms with E-state index in [1.165, 1.54) is 5.56 Å². The number of hydrogen-bond acceptors (Lipinski definition) is 4. The molecule has 0 spiro atoms. The van der Waals surface area contributed by atoms with Gasteiger partial charge in [-0.3, -0.25) is 9.78 Å². The number of fused-ring (bicyclic) bond motifs is 1. The standard InChI is InChI=1S/C19H20N2O3/c22-19(12-14-1-2-17-18(11-14)24-13-23-17)21-9-5-16(6-10-21)15-3-7-20-8-4-15/h1-4,7-8,11,16H,5-6,9-10,12-13H2. The van der Waals surface area contributed by atoms with Gasteiger partial charge in [-0.15, -0.1) is 0 Å². The van der Waals surface area contributed by atoms with E-state index in [1.807, 2.05) is 35.5 Å². The molecule has 5 heteroatoms. The molecule has 2 aliphatic heterocycles. The number of rotatable bonds is 3. The first-order chi connectivity index (χ1) is 11.8. The first-order valence-corrected chi connectivity index (χ1v) is 8.36. The van der Waals surface area contributed by atoms with Crippen LogP contribution >= 0.6 is 0 Å². The molecule has 4 rings (SSSR count). The van der Waals surface area contributed by atoms with Gasteiger partial charge in [-0.25, -0.2) is 0 Å². The van der Waals surface area contributed by atoms with Crippen molar-refractivity contribution in [1.29, 1.82) is 0 Å². The number of nitrogens with zero attached hydrogens (tertiary/aromatic N) is 2. The van der Waals surface area contributed by atoms with E-state index in [-0.39, 0.29) is 12.7 Å². The Hall–Kier alpha value is -2.56. The van der Waals surface area contributed by atoms with Crippen molar-refractivity contribution in [3.63, 3.8) is 0 Å². The summed E-state index contributed by atoms with van der Waals surface area (Å²) in [5.41, 5.74) is 2.30. The monoisotopic (exact) mass is 324 g/mol. The molecule has 0 unspecified atom stereocenters. The van der Waals surface area contributed by atoms with Crippen molar-refractivity contribution < 1.29 is 14.3 Å². The van der Waals surface area contributed by atoms with Gasteiger partial charge in [-0.2, -0.15) is 0 Å². The van der Waals surface area contributed by atoms with Crippen molar-refractivity contribution in [2.24, 2.45) is 0 Å². The number of benzene rings is 1. The van der Waals surface area contributed by atoms with Gasteiger partial charge in [0.05, 0.1) is 6.42 Å². The van der Waals surface area contributed by atoms with Crippen LogP contribution < -0.4 is 9.47 Å². The zero-order valence-corrected chi connectivity index (χ0v) is 13.5. The molecule has 5 nitrogen and oxygen atoms in total. The van der Waals surface area contributed by atoms with Crippen LogP contribution in [0.4, 0.5) is 0 Å². The summed E-state index contributed by atoms with van der Waals surface area (Å²) in [5.74, 6) is 2.20. The van der Waals surface area contributed by atoms with Crippen molar-refractivity contribution in [3.8, 4) is 11.5 Å². The summed E-state index contributed by atoms with van der Waals surface area (Å²) in [6, 6.07) is 9.88. The molecule has 1 aromatic heterocycles. The molecule has 0 radical (unpaired) electrons. The minimum Gasteiger partial charge on any atom is -0.454 e. The number of pyridine rings is 1. The molecule has 24 heavy (non-hydrogen) atoms. The van der Waals surface area contributed by atoms with Gasteiger partial charge in [0.15, 0.2) is 11.5 Å². The van der Waals surface area contributed by atoms with Crippen molar-refractivity contribution >= 4 is 5.91 Å². The normalized spacial score (nSPS) is 17.1. The molecule has 0 atom stereocenters. The number of carbonyl (C=O) groups is 1. The lowest BCUT2D eigenvalue weighted by Gasteiger charge is -2.32. The van der Waals surface area contributed by atoms with E-state index in [0.29, 0.717) is 12.3 Å². The zero-order chi connectivity index (χ0) is 16.4. The molecule has 0 saturated carbocycles. The van der Waals surface area contributed by atoms with E-state index < -0.39 is 0 Å². The fourth-order valence-electron chi connectivity index (χ4n) is 3.44. The Morgan fingerprint density at radius 3 is 2.62 bits per heavy atom. The van der Waals surface area contributed by atoms with Crippen LogP contribution in [0.2, 0.25) is 0 Å². The van der Waals surface area contributed by atoms with E-state index in [2.05, 4.69) is 17.1 Å². The quantitative estimate of drug-likeness (QED) is 0.871. The second-order valence-electron chi connectivity index (χ2n) is 6.30. The maximum atomic E-state index is 12.6. The van der Waals surface area contributed by atoms with Crippen LogP contribution in [0, 0.1) is 0 Å². The molecule has 0 bridgehead atoms. The van der Waals surface area contributed by atoms with E-state index in [1.54, 1.807) is 0 Å². The topological polar surface area (TPSA) is 51.7 Å². The van der Waals surface area contributed by atoms with Gasteiger partial charge in [-0.1, -0.05) is 6.07 Å². The Morgan fingerprint density at radius 1 is 1.08 bits per heavy atom. The molecule has 2 aromatic rings. The number of amides is 1. The lowest BCUT2D eigenvalue weighted by atomic mass is 9.90. The third-order valence-electron chi connectivity index (χ3n) is 4.82. The fraction of sp³-hybridized carbons (Fsp3) is 0.368. The Labute approximate surface area is 141 Å². The molecule has 2 aliphatic rings. The van der Waals surface area contributed by atoms with Crippen LogP contribution in [-0.2, 0) is 11.2 Å². The summed E-state index contributed by atoms with van der Waals surface area (Å²) in [5, 5.41) is 0. The molecule has 3 heterocycles. The maximum Gasteiger partial charge on any atom is 0.231 e. The molecular weight excluding hydrogens is 304 g/mol. The third kappa shape index (κ3) is 3.07. The third-order valence-corrected chi connectivity index (χ3v) is 4.82. The highest BCUT2D eigenvalue weighted by Gasteiger charge is 2.24. The smallest absolute Gasteiger partial charge is 0.231 e. The Bertz CT molecular complexity index is 725. The molecule has 1 amide bonds. The van der Waals surface area contributed by atoms with E-state index in [4.69, 9.17) is 9.47 Å². The van der Waals surface area contributed by atoms with Crippen molar-refractivity contribution in [1.82, 2.24) is 9.88 Å². The lowest BCUT2D eigenvalue weighted by molar-refractivity contribution is -0.131. The van der Waals surface area contributed by atoms with Crippen LogP contribution in [0.25, 0.3) is 0 Å². The van der Waals surface area contributed by atoms with Crippen LogP contribution in [-0.4, -0.2) is 35.7 Å². The van der Waals surface area contributed by atoms with Gasteiger partial charge in [0.2, 0.25) is 12.7 Å². The van der Waals surface area contributed by atoms with Crippen LogP contribution in [0.1, 0.15) is 29.9 Å². The number of likely N-dealkylation sites (tertiary alicyclic amines) is 1. The SMILES string of the molecule is O=C(Cc1ccc2c(c1)OCO2)N1CCC(c2ccncc2)CC1. The van der Waals surface area contributed by atoms with Gasteiger partial charge < -0.3 is 14.4 Å². The highest BCUT2D eigenvalue weighted by Crippen LogP contribution is 2.33. The van der Waals surface area contributed by atoms with Crippen molar-refractivity contribution in [2.45, 2.75) is 25.2 Å². The van der Waals surface area contributed by atoms with Crippen molar-refractivity contribution in [2.75, 3.05) is 19.9 Å². The lowest BCUT2D eigenvalue weighted by Crippen LogP contribution is -2.38. The van der Waals surface area contributed by atoms with Crippen molar-refractivity contribution in [3.05, 3.63) is 53.9 Å². The summed E-state index contributed by atoms with van der Waals surface area (Å²) in [7, 11) is 0. The summed E-state index contributed by atoms with van der Waals surface area (Å²) < 4.78 is 10.7. The average molecular weight is 324 g/mol. The number of ether oxygens (including phenoxy) is 2. The first kappa shape index (κ1) is 15.0. The first-order valence-electron chi connectivity index (χ1n) is 8.36. The maximum absolute atomic E-state index is 12.6. The molecule has 1 aromatic carbocycles. The number of aromatic nitrogens is 1. The zero-order valence-electron chi connectivity index (χ0n) is 13.5. The second kappa shape index (κ2) is 6.51. The predicted molar refractivity (Wildman–Crippen MR) is 89.1 cm³/mol. The largest absolute Gasteiger partial charge is 0.454 e. The summed E-state index contributed by atoms with van der Waals surface area (Å²) in [6.45, 7) is 1.89. The number of hydrogen-bond donors (Lipinski definition) is 0. The van der Waals surface area contributed by atoms with Crippen LogP contribution in [0.15, 0.2) is 42.7 Å². The highest BCUT2D eigenvalue weighted by atomic mass is 16.7. The van der Waals surface area contributed by atoms with Gasteiger partial charge in [0.25, 0.3) is 0 Å². The Balaban J connectivity index is 1.35. The van der Waals surface area contributed by atoms with E-state index >= 15 is 0 Å². The van der Waals surface area contributed by atoms with Gasteiger partial charge in [-0.05, 0) is 54.2 Å². The Kier molecular flexibility index (Phi) is 4.07. The molecule has 1 fully saturated rings. The molecule has 124 valence electrons. The number of carbonyl (C=O) groups excluding carboxylic acids is 1. The molecular formula is C19H20N2O3. The fourth-order valence-corrected chi connectivity index (χ4v) is 3.44. The van der Waals surface area contributed by atoms with E-state index in [9.17, 15) is 4.79 Å². The van der Waals surface area contributed by atoms with Crippen LogP contribution in [0.3, 0.4) is 0 Å². The Morgan fingerprint density at radius 2 is 1.83 bits per heavy atom.